The molecule has 1 atom stereocenters. The van der Waals surface area contributed by atoms with E-state index in [1.165, 1.54) is 16.9 Å². The summed E-state index contributed by atoms with van der Waals surface area (Å²) in [7, 11) is 0. The monoisotopic (exact) mass is 612 g/mol. The van der Waals surface area contributed by atoms with Crippen molar-refractivity contribution in [3.05, 3.63) is 102 Å². The number of thiazole rings is 1. The molecule has 0 radical (unpaired) electrons. The number of esters is 1. The largest absolute Gasteiger partial charge is 0.463 e. The molecule has 4 aromatic rings. The number of rotatable bonds is 7. The number of hydrogen-bond acceptors (Lipinski definition) is 7. The van der Waals surface area contributed by atoms with Crippen LogP contribution in [0.25, 0.3) is 17.0 Å². The average Bonchev–Trinajstić information content (AvgIpc) is 3.53. The van der Waals surface area contributed by atoms with Crippen molar-refractivity contribution >= 4 is 40.2 Å². The summed E-state index contributed by atoms with van der Waals surface area (Å²) in [6, 6.07) is 15.3. The van der Waals surface area contributed by atoms with Gasteiger partial charge in [-0.2, -0.15) is 0 Å². The van der Waals surface area contributed by atoms with E-state index in [4.69, 9.17) is 14.5 Å². The van der Waals surface area contributed by atoms with Gasteiger partial charge in [-0.05, 0) is 43.0 Å². The summed E-state index contributed by atoms with van der Waals surface area (Å²) in [6.07, 6.45) is 3.79. The molecule has 4 heterocycles. The lowest BCUT2D eigenvalue weighted by Crippen LogP contribution is -2.42. The Bertz CT molecular complexity index is 1940. The minimum absolute atomic E-state index is 0.0328. The van der Waals surface area contributed by atoms with E-state index in [0.29, 0.717) is 52.8 Å². The Kier molecular flexibility index (Phi) is 8.38. The Morgan fingerprint density at radius 1 is 1.11 bits per heavy atom. The van der Waals surface area contributed by atoms with Crippen LogP contribution in [0.15, 0.2) is 75.8 Å². The van der Waals surface area contributed by atoms with Gasteiger partial charge in [0.05, 0.1) is 41.7 Å². The third kappa shape index (κ3) is 5.55. The molecule has 228 valence electrons. The van der Waals surface area contributed by atoms with Crippen molar-refractivity contribution in [2.45, 2.75) is 46.2 Å². The smallest absolute Gasteiger partial charge is 0.338 e. The first-order chi connectivity index (χ1) is 21.3. The van der Waals surface area contributed by atoms with Gasteiger partial charge in [0.1, 0.15) is 6.54 Å². The first kappa shape index (κ1) is 29.8. The molecule has 2 aromatic heterocycles. The number of allylic oxidation sites excluding steroid dienone is 1. The van der Waals surface area contributed by atoms with Crippen LogP contribution in [0.2, 0.25) is 0 Å². The van der Waals surface area contributed by atoms with Crippen molar-refractivity contribution < 1.29 is 19.1 Å². The lowest BCUT2D eigenvalue weighted by Gasteiger charge is -2.27. The lowest BCUT2D eigenvalue weighted by molar-refractivity contribution is -0.139. The van der Waals surface area contributed by atoms with E-state index in [0.717, 1.165) is 22.0 Å². The molecule has 1 saturated heterocycles. The SMILES string of the molecule is CCOC(=O)C1=C(C)N=c2sc(=Cc3cn(CC(=O)N4CCOCC4)c4ccccc34)c(=O)n2C1c1ccc(C(C)C)cc1. The molecule has 6 rings (SSSR count). The average molecular weight is 613 g/mol. The zero-order valence-electron chi connectivity index (χ0n) is 25.4. The van der Waals surface area contributed by atoms with Gasteiger partial charge in [0.15, 0.2) is 4.80 Å². The van der Waals surface area contributed by atoms with Crippen molar-refractivity contribution in [1.82, 2.24) is 14.0 Å². The highest BCUT2D eigenvalue weighted by molar-refractivity contribution is 7.07. The lowest BCUT2D eigenvalue weighted by atomic mass is 9.93. The van der Waals surface area contributed by atoms with Gasteiger partial charge in [-0.15, -0.1) is 0 Å². The highest BCUT2D eigenvalue weighted by Crippen LogP contribution is 2.31. The molecule has 2 aromatic carbocycles. The second-order valence-electron chi connectivity index (χ2n) is 11.3. The van der Waals surface area contributed by atoms with Crippen molar-refractivity contribution in [3.8, 4) is 0 Å². The van der Waals surface area contributed by atoms with Crippen LogP contribution in [0.1, 0.15) is 56.3 Å². The van der Waals surface area contributed by atoms with Crippen molar-refractivity contribution in [1.29, 1.82) is 0 Å². The van der Waals surface area contributed by atoms with Crippen LogP contribution in [0, 0.1) is 0 Å². The Balaban J connectivity index is 1.46. The maximum atomic E-state index is 14.2. The van der Waals surface area contributed by atoms with Crippen LogP contribution in [0.3, 0.4) is 0 Å². The number of hydrogen-bond donors (Lipinski definition) is 0. The number of para-hydroxylation sites is 1. The molecular weight excluding hydrogens is 576 g/mol. The molecule has 2 aliphatic rings. The molecule has 0 saturated carbocycles. The maximum Gasteiger partial charge on any atom is 0.338 e. The number of morpholine rings is 1. The fourth-order valence-electron chi connectivity index (χ4n) is 5.89. The van der Waals surface area contributed by atoms with Gasteiger partial charge in [0.25, 0.3) is 5.56 Å². The molecule has 44 heavy (non-hydrogen) atoms. The summed E-state index contributed by atoms with van der Waals surface area (Å²) in [4.78, 5) is 47.6. The number of carbonyl (C=O) groups excluding carboxylic acids is 2. The summed E-state index contributed by atoms with van der Waals surface area (Å²) < 4.78 is 14.9. The van der Waals surface area contributed by atoms with Gasteiger partial charge < -0.3 is 18.9 Å². The number of aromatic nitrogens is 2. The summed E-state index contributed by atoms with van der Waals surface area (Å²) in [5, 5.41) is 0.942. The quantitative estimate of drug-likeness (QED) is 0.297. The highest BCUT2D eigenvalue weighted by Gasteiger charge is 2.33. The molecule has 10 heteroatoms. The Hall–Kier alpha value is -4.28. The molecule has 0 bridgehead atoms. The van der Waals surface area contributed by atoms with E-state index in [2.05, 4.69) is 13.8 Å². The third-order valence-electron chi connectivity index (χ3n) is 8.21. The van der Waals surface area contributed by atoms with Crippen molar-refractivity contribution in [2.75, 3.05) is 32.9 Å². The number of ether oxygens (including phenoxy) is 2. The first-order valence-corrected chi connectivity index (χ1v) is 15.8. The van der Waals surface area contributed by atoms with Crippen LogP contribution in [-0.2, 0) is 25.6 Å². The molecule has 0 spiro atoms. The molecule has 1 amide bonds. The Morgan fingerprint density at radius 3 is 2.55 bits per heavy atom. The Labute approximate surface area is 259 Å². The summed E-state index contributed by atoms with van der Waals surface area (Å²) in [5.41, 5.74) is 4.40. The zero-order valence-corrected chi connectivity index (χ0v) is 26.2. The zero-order chi connectivity index (χ0) is 31.0. The van der Waals surface area contributed by atoms with Gasteiger partial charge in [0.2, 0.25) is 5.91 Å². The van der Waals surface area contributed by atoms with Gasteiger partial charge in [-0.25, -0.2) is 9.79 Å². The first-order valence-electron chi connectivity index (χ1n) is 15.0. The van der Waals surface area contributed by atoms with E-state index in [9.17, 15) is 14.4 Å². The minimum Gasteiger partial charge on any atom is -0.463 e. The Morgan fingerprint density at radius 2 is 1.84 bits per heavy atom. The van der Waals surface area contributed by atoms with Crippen molar-refractivity contribution in [2.24, 2.45) is 4.99 Å². The summed E-state index contributed by atoms with van der Waals surface area (Å²) in [6.45, 7) is 10.5. The molecule has 0 aliphatic carbocycles. The van der Waals surface area contributed by atoms with Gasteiger partial charge in [-0.3, -0.25) is 14.2 Å². The van der Waals surface area contributed by atoms with E-state index in [-0.39, 0.29) is 24.6 Å². The minimum atomic E-state index is -0.666. The summed E-state index contributed by atoms with van der Waals surface area (Å²) in [5.74, 6) is -0.0986. The van der Waals surface area contributed by atoms with E-state index >= 15 is 0 Å². The molecule has 2 aliphatic heterocycles. The van der Waals surface area contributed by atoms with Crippen molar-refractivity contribution in [3.63, 3.8) is 0 Å². The number of benzene rings is 2. The number of nitrogens with zero attached hydrogens (tertiary/aromatic N) is 4. The predicted molar refractivity (Wildman–Crippen MR) is 170 cm³/mol. The normalized spacial score (nSPS) is 17.2. The molecule has 1 unspecified atom stereocenters. The van der Waals surface area contributed by atoms with Gasteiger partial charge in [-0.1, -0.05) is 67.6 Å². The van der Waals surface area contributed by atoms with Crippen LogP contribution in [0.4, 0.5) is 0 Å². The number of carbonyl (C=O) groups is 2. The van der Waals surface area contributed by atoms with Gasteiger partial charge in [0, 0.05) is 35.8 Å². The third-order valence-corrected chi connectivity index (χ3v) is 9.19. The van der Waals surface area contributed by atoms with Crippen LogP contribution in [0.5, 0.6) is 0 Å². The predicted octanol–water partition coefficient (Wildman–Crippen LogP) is 3.74. The molecule has 9 nitrogen and oxygen atoms in total. The summed E-state index contributed by atoms with van der Waals surface area (Å²) >= 11 is 1.29. The van der Waals surface area contributed by atoms with Crippen LogP contribution in [-0.4, -0.2) is 58.8 Å². The fourth-order valence-corrected chi connectivity index (χ4v) is 6.93. The molecule has 1 fully saturated rings. The second kappa shape index (κ2) is 12.4. The second-order valence-corrected chi connectivity index (χ2v) is 12.4. The standard InChI is InChI=1S/C34H36N4O5S/c1-5-43-33(41)30-22(4)35-34-38(31(30)24-12-10-23(11-13-24)21(2)3)32(40)28(44-34)18-25-19-37(27-9-7-6-8-26(25)27)20-29(39)36-14-16-42-17-15-36/h6-13,18-19,21,31H,5,14-17,20H2,1-4H3. The van der Waals surface area contributed by atoms with E-state index in [1.54, 1.807) is 18.4 Å². The number of fused-ring (bicyclic) bond motifs is 2. The van der Waals surface area contributed by atoms with Gasteiger partial charge >= 0.3 is 5.97 Å². The van der Waals surface area contributed by atoms with E-state index in [1.807, 2.05) is 70.3 Å². The molecular formula is C34H36N4O5S. The topological polar surface area (TPSA) is 95.1 Å². The van der Waals surface area contributed by atoms with Crippen LogP contribution >= 0.6 is 11.3 Å². The molecule has 0 N–H and O–H groups in total. The number of amides is 1. The fraction of sp³-hybridized carbons (Fsp3) is 0.353. The van der Waals surface area contributed by atoms with Crippen LogP contribution < -0.4 is 14.9 Å². The van der Waals surface area contributed by atoms with E-state index < -0.39 is 12.0 Å². The maximum absolute atomic E-state index is 14.2. The highest BCUT2D eigenvalue weighted by atomic mass is 32.1.